The van der Waals surface area contributed by atoms with Gasteiger partial charge in [-0.1, -0.05) is 29.8 Å². The molecule has 0 bridgehead atoms. The van der Waals surface area contributed by atoms with Crippen LogP contribution in [0.3, 0.4) is 0 Å². The second-order valence-electron chi connectivity index (χ2n) is 7.36. The molecule has 3 rings (SSSR count). The highest BCUT2D eigenvalue weighted by molar-refractivity contribution is 6.30. The van der Waals surface area contributed by atoms with Gasteiger partial charge in [-0.05, 0) is 63.1 Å². The molecule has 168 valence electrons. The van der Waals surface area contributed by atoms with E-state index in [4.69, 9.17) is 21.1 Å². The van der Waals surface area contributed by atoms with Crippen LogP contribution in [0.1, 0.15) is 29.8 Å². The minimum atomic E-state index is -0.454. The Morgan fingerprint density at radius 1 is 1.09 bits per heavy atom. The average Bonchev–Trinajstić information content (AvgIpc) is 3.05. The van der Waals surface area contributed by atoms with Crippen molar-refractivity contribution in [3.8, 4) is 11.4 Å². The maximum atomic E-state index is 12.3. The Balaban J connectivity index is 1.43. The number of aromatic nitrogens is 2. The van der Waals surface area contributed by atoms with E-state index in [2.05, 4.69) is 10.4 Å². The lowest BCUT2D eigenvalue weighted by Crippen LogP contribution is -2.21. The Morgan fingerprint density at radius 3 is 2.56 bits per heavy atom. The van der Waals surface area contributed by atoms with Crippen LogP contribution in [0, 0.1) is 20.8 Å². The molecule has 8 heteroatoms. The standard InChI is InChI=1S/C24H26ClN3O4/c1-16-14-19(25)11-12-21(16)31-13-7-10-23(30)32-15-22(29)26-24-17(2)27-28(18(24)3)20-8-5-4-6-9-20/h4-6,8-9,11-12,14H,7,10,13,15H2,1-3H3,(H,26,29). The van der Waals surface area contributed by atoms with Gasteiger partial charge in [0.05, 0.1) is 29.4 Å². The number of ether oxygens (including phenoxy) is 2. The number of anilines is 1. The van der Waals surface area contributed by atoms with Crippen LogP contribution in [-0.4, -0.2) is 34.9 Å². The van der Waals surface area contributed by atoms with Crippen LogP contribution in [-0.2, 0) is 14.3 Å². The molecule has 7 nitrogen and oxygen atoms in total. The van der Waals surface area contributed by atoms with E-state index in [0.717, 1.165) is 22.7 Å². The number of carbonyl (C=O) groups is 2. The minimum absolute atomic E-state index is 0.157. The van der Waals surface area contributed by atoms with Crippen molar-refractivity contribution >= 4 is 29.2 Å². The van der Waals surface area contributed by atoms with Gasteiger partial charge < -0.3 is 14.8 Å². The van der Waals surface area contributed by atoms with Gasteiger partial charge >= 0.3 is 5.97 Å². The summed E-state index contributed by atoms with van der Waals surface area (Å²) < 4.78 is 12.5. The number of hydrogen-bond donors (Lipinski definition) is 1. The van der Waals surface area contributed by atoms with Crippen molar-refractivity contribution in [3.05, 3.63) is 70.5 Å². The summed E-state index contributed by atoms with van der Waals surface area (Å²) in [5.41, 5.74) is 3.92. The smallest absolute Gasteiger partial charge is 0.306 e. The molecule has 1 aromatic heterocycles. The normalized spacial score (nSPS) is 10.6. The first kappa shape index (κ1) is 23.3. The van der Waals surface area contributed by atoms with Gasteiger partial charge in [-0.15, -0.1) is 0 Å². The molecule has 0 aliphatic rings. The average molecular weight is 456 g/mol. The largest absolute Gasteiger partial charge is 0.493 e. The van der Waals surface area contributed by atoms with Gasteiger partial charge in [-0.2, -0.15) is 5.10 Å². The number of nitrogens with zero attached hydrogens (tertiary/aromatic N) is 2. The lowest BCUT2D eigenvalue weighted by atomic mass is 10.2. The quantitative estimate of drug-likeness (QED) is 0.370. The van der Waals surface area contributed by atoms with Gasteiger partial charge in [0.15, 0.2) is 6.61 Å². The van der Waals surface area contributed by atoms with Crippen LogP contribution in [0.4, 0.5) is 5.69 Å². The molecule has 2 aromatic carbocycles. The molecule has 1 N–H and O–H groups in total. The fraction of sp³-hybridized carbons (Fsp3) is 0.292. The lowest BCUT2D eigenvalue weighted by Gasteiger charge is -2.10. The van der Waals surface area contributed by atoms with Gasteiger partial charge in [0.2, 0.25) is 0 Å². The van der Waals surface area contributed by atoms with Crippen molar-refractivity contribution in [2.45, 2.75) is 33.6 Å². The lowest BCUT2D eigenvalue weighted by molar-refractivity contribution is -0.147. The Kier molecular flexibility index (Phi) is 7.89. The molecule has 0 unspecified atom stereocenters. The highest BCUT2D eigenvalue weighted by Gasteiger charge is 2.16. The fourth-order valence-corrected chi connectivity index (χ4v) is 3.44. The molecule has 0 saturated carbocycles. The topological polar surface area (TPSA) is 82.4 Å². The zero-order chi connectivity index (χ0) is 23.1. The van der Waals surface area contributed by atoms with E-state index < -0.39 is 11.9 Å². The first-order chi connectivity index (χ1) is 15.3. The second kappa shape index (κ2) is 10.8. The third-order valence-corrected chi connectivity index (χ3v) is 5.08. The van der Waals surface area contributed by atoms with Crippen LogP contribution < -0.4 is 10.1 Å². The van der Waals surface area contributed by atoms with Crippen molar-refractivity contribution in [3.63, 3.8) is 0 Å². The summed E-state index contributed by atoms with van der Waals surface area (Å²) in [4.78, 5) is 24.2. The van der Waals surface area contributed by atoms with E-state index in [9.17, 15) is 9.59 Å². The number of rotatable bonds is 9. The highest BCUT2D eigenvalue weighted by Crippen LogP contribution is 2.23. The number of halogens is 1. The van der Waals surface area contributed by atoms with Crippen molar-refractivity contribution < 1.29 is 19.1 Å². The summed E-state index contributed by atoms with van der Waals surface area (Å²) in [6.07, 6.45) is 0.633. The van der Waals surface area contributed by atoms with E-state index in [1.807, 2.05) is 57.2 Å². The molecule has 3 aromatic rings. The predicted molar refractivity (Wildman–Crippen MR) is 124 cm³/mol. The summed E-state index contributed by atoms with van der Waals surface area (Å²) in [5.74, 6) is -0.140. The first-order valence-corrected chi connectivity index (χ1v) is 10.7. The van der Waals surface area contributed by atoms with Crippen LogP contribution in [0.15, 0.2) is 48.5 Å². The summed E-state index contributed by atoms with van der Waals surface area (Å²) in [7, 11) is 0. The molecule has 0 saturated heterocycles. The number of para-hydroxylation sites is 1. The van der Waals surface area contributed by atoms with Crippen molar-refractivity contribution in [2.75, 3.05) is 18.5 Å². The van der Waals surface area contributed by atoms with E-state index in [1.165, 1.54) is 0 Å². The maximum Gasteiger partial charge on any atom is 0.306 e. The molecule has 0 radical (unpaired) electrons. The number of esters is 1. The maximum absolute atomic E-state index is 12.3. The molecular formula is C24H26ClN3O4. The van der Waals surface area contributed by atoms with E-state index in [1.54, 1.807) is 16.8 Å². The number of nitrogens with one attached hydrogen (secondary N) is 1. The molecule has 0 aliphatic heterocycles. The number of aryl methyl sites for hydroxylation is 2. The zero-order valence-corrected chi connectivity index (χ0v) is 19.1. The Morgan fingerprint density at radius 2 is 1.84 bits per heavy atom. The van der Waals surface area contributed by atoms with Crippen molar-refractivity contribution in [2.24, 2.45) is 0 Å². The van der Waals surface area contributed by atoms with Gasteiger partial charge in [0, 0.05) is 11.4 Å². The van der Waals surface area contributed by atoms with Gasteiger partial charge in [0.25, 0.3) is 5.91 Å². The number of hydrogen-bond acceptors (Lipinski definition) is 5. The number of amides is 1. The number of benzene rings is 2. The molecule has 0 spiro atoms. The van der Waals surface area contributed by atoms with E-state index in [-0.39, 0.29) is 13.0 Å². The van der Waals surface area contributed by atoms with Crippen LogP contribution in [0.25, 0.3) is 5.69 Å². The third kappa shape index (κ3) is 6.11. The summed E-state index contributed by atoms with van der Waals surface area (Å²) in [5, 5.41) is 7.92. The Labute approximate surface area is 192 Å². The Bertz CT molecular complexity index is 1100. The van der Waals surface area contributed by atoms with Crippen LogP contribution in [0.2, 0.25) is 5.02 Å². The van der Waals surface area contributed by atoms with Crippen LogP contribution in [0.5, 0.6) is 5.75 Å². The summed E-state index contributed by atoms with van der Waals surface area (Å²) in [6, 6.07) is 15.0. The summed E-state index contributed by atoms with van der Waals surface area (Å²) in [6.45, 7) is 5.60. The molecule has 0 fully saturated rings. The molecular weight excluding hydrogens is 430 g/mol. The minimum Gasteiger partial charge on any atom is -0.493 e. The first-order valence-electron chi connectivity index (χ1n) is 10.3. The SMILES string of the molecule is Cc1cc(Cl)ccc1OCCCC(=O)OCC(=O)Nc1c(C)nn(-c2ccccc2)c1C. The predicted octanol–water partition coefficient (Wildman–Crippen LogP) is 4.79. The van der Waals surface area contributed by atoms with Gasteiger partial charge in [-0.3, -0.25) is 9.59 Å². The third-order valence-electron chi connectivity index (χ3n) is 4.84. The monoisotopic (exact) mass is 455 g/mol. The van der Waals surface area contributed by atoms with E-state index >= 15 is 0 Å². The second-order valence-corrected chi connectivity index (χ2v) is 7.80. The highest BCUT2D eigenvalue weighted by atomic mass is 35.5. The molecule has 0 atom stereocenters. The fourth-order valence-electron chi connectivity index (χ4n) is 3.21. The summed E-state index contributed by atoms with van der Waals surface area (Å²) >= 11 is 5.92. The molecule has 1 amide bonds. The Hall–Kier alpha value is -3.32. The zero-order valence-electron chi connectivity index (χ0n) is 18.4. The van der Waals surface area contributed by atoms with Gasteiger partial charge in [0.1, 0.15) is 5.75 Å². The van der Waals surface area contributed by atoms with Crippen molar-refractivity contribution in [1.82, 2.24) is 9.78 Å². The molecule has 32 heavy (non-hydrogen) atoms. The van der Waals surface area contributed by atoms with Gasteiger partial charge in [-0.25, -0.2) is 4.68 Å². The van der Waals surface area contributed by atoms with Crippen LogP contribution >= 0.6 is 11.6 Å². The molecule has 1 heterocycles. The van der Waals surface area contributed by atoms with E-state index in [0.29, 0.717) is 29.4 Å². The van der Waals surface area contributed by atoms with Crippen molar-refractivity contribution in [1.29, 1.82) is 0 Å². The number of carbonyl (C=O) groups excluding carboxylic acids is 2. The molecule has 0 aliphatic carbocycles.